The lowest BCUT2D eigenvalue weighted by Crippen LogP contribution is -2.11. The Hall–Kier alpha value is -2.42. The summed E-state index contributed by atoms with van der Waals surface area (Å²) in [7, 11) is 0. The molecule has 0 aliphatic heterocycles. The Morgan fingerprint density at radius 2 is 1.90 bits per heavy atom. The predicted octanol–water partition coefficient (Wildman–Crippen LogP) is 3.61. The van der Waals surface area contributed by atoms with Crippen molar-refractivity contribution in [2.75, 3.05) is 5.32 Å². The first-order valence-corrected chi connectivity index (χ1v) is 6.02. The molecule has 0 fully saturated rings. The number of nitriles is 1. The van der Waals surface area contributed by atoms with Gasteiger partial charge in [0.25, 0.3) is 0 Å². The van der Waals surface area contributed by atoms with E-state index in [1.54, 1.807) is 26.8 Å². The highest BCUT2D eigenvalue weighted by Crippen LogP contribution is 2.28. The third-order valence-corrected chi connectivity index (χ3v) is 3.05. The summed E-state index contributed by atoms with van der Waals surface area (Å²) >= 11 is 0. The minimum absolute atomic E-state index is 0.0597. The molecule has 1 aromatic heterocycles. The molecule has 4 nitrogen and oxygen atoms in total. The molecule has 0 bridgehead atoms. The second-order valence-electron chi connectivity index (χ2n) is 4.53. The fourth-order valence-electron chi connectivity index (χ4n) is 2.17. The maximum Gasteiger partial charge on any atom is 0.150 e. The molecule has 2 aromatic rings. The Bertz CT molecular complexity index is 646. The molecule has 1 unspecified atom stereocenters. The van der Waals surface area contributed by atoms with E-state index in [-0.39, 0.29) is 17.3 Å². The summed E-state index contributed by atoms with van der Waals surface area (Å²) < 4.78 is 32.6. The van der Waals surface area contributed by atoms with E-state index in [4.69, 9.17) is 9.78 Å². The van der Waals surface area contributed by atoms with E-state index in [0.29, 0.717) is 11.5 Å². The smallest absolute Gasteiger partial charge is 0.150 e. The van der Waals surface area contributed by atoms with Crippen LogP contribution in [0.4, 0.5) is 14.5 Å². The average molecular weight is 277 g/mol. The number of nitrogens with zero attached hydrogens (tertiary/aromatic N) is 2. The first kappa shape index (κ1) is 14.0. The second kappa shape index (κ2) is 5.29. The Balaban J connectivity index is 2.34. The molecule has 104 valence electrons. The van der Waals surface area contributed by atoms with Crippen LogP contribution in [0.25, 0.3) is 0 Å². The normalized spacial score (nSPS) is 12.0. The number of aryl methyl sites for hydroxylation is 2. The Morgan fingerprint density at radius 3 is 2.35 bits per heavy atom. The van der Waals surface area contributed by atoms with Crippen LogP contribution in [0.2, 0.25) is 0 Å². The number of anilines is 1. The van der Waals surface area contributed by atoms with Gasteiger partial charge in [-0.3, -0.25) is 0 Å². The molecule has 0 radical (unpaired) electrons. The lowest BCUT2D eigenvalue weighted by molar-refractivity contribution is 0.392. The highest BCUT2D eigenvalue weighted by Gasteiger charge is 2.19. The second-order valence-corrected chi connectivity index (χ2v) is 4.53. The highest BCUT2D eigenvalue weighted by atomic mass is 19.1. The summed E-state index contributed by atoms with van der Waals surface area (Å²) in [6.45, 7) is 5.25. The van der Waals surface area contributed by atoms with Crippen LogP contribution in [0.15, 0.2) is 16.7 Å². The third kappa shape index (κ3) is 2.48. The van der Waals surface area contributed by atoms with Crippen molar-refractivity contribution in [3.63, 3.8) is 0 Å². The highest BCUT2D eigenvalue weighted by molar-refractivity contribution is 5.52. The molecule has 0 saturated heterocycles. The molecule has 1 N–H and O–H groups in total. The van der Waals surface area contributed by atoms with Gasteiger partial charge in [-0.2, -0.15) is 5.26 Å². The molecule has 1 heterocycles. The van der Waals surface area contributed by atoms with Crippen LogP contribution in [0.1, 0.15) is 35.5 Å². The molecule has 6 heteroatoms. The summed E-state index contributed by atoms with van der Waals surface area (Å²) in [6, 6.07) is 3.31. The first-order valence-electron chi connectivity index (χ1n) is 6.02. The van der Waals surface area contributed by atoms with Crippen LogP contribution in [0.5, 0.6) is 0 Å². The first-order chi connectivity index (χ1) is 9.43. The van der Waals surface area contributed by atoms with Crippen molar-refractivity contribution in [2.24, 2.45) is 0 Å². The molecular formula is C14H13F2N3O. The van der Waals surface area contributed by atoms with Crippen molar-refractivity contribution >= 4 is 5.69 Å². The van der Waals surface area contributed by atoms with Crippen molar-refractivity contribution in [2.45, 2.75) is 26.8 Å². The number of benzene rings is 1. The Morgan fingerprint density at radius 1 is 1.30 bits per heavy atom. The van der Waals surface area contributed by atoms with E-state index < -0.39 is 11.6 Å². The van der Waals surface area contributed by atoms with Gasteiger partial charge in [0.05, 0.1) is 23.4 Å². The number of aromatic nitrogens is 1. The molecule has 2 rings (SSSR count). The number of rotatable bonds is 3. The van der Waals surface area contributed by atoms with Crippen molar-refractivity contribution in [1.82, 2.24) is 5.16 Å². The molecule has 20 heavy (non-hydrogen) atoms. The molecule has 0 aliphatic rings. The SMILES string of the molecule is Cc1noc(C)c1C(C)Nc1c(F)cc(C#N)cc1F. The maximum absolute atomic E-state index is 13.8. The summed E-state index contributed by atoms with van der Waals surface area (Å²) in [6.07, 6.45) is 0. The van der Waals surface area contributed by atoms with Gasteiger partial charge in [0.2, 0.25) is 0 Å². The van der Waals surface area contributed by atoms with Crippen LogP contribution in [0.3, 0.4) is 0 Å². The zero-order valence-electron chi connectivity index (χ0n) is 11.3. The molecule has 1 atom stereocenters. The fourth-order valence-corrected chi connectivity index (χ4v) is 2.17. The van der Waals surface area contributed by atoms with Gasteiger partial charge in [0, 0.05) is 5.56 Å². The maximum atomic E-state index is 13.8. The zero-order valence-corrected chi connectivity index (χ0v) is 11.3. The number of nitrogens with one attached hydrogen (secondary N) is 1. The standard InChI is InChI=1S/C14H13F2N3O/c1-7(13-8(2)19-20-9(13)3)18-14-11(15)4-10(6-17)5-12(14)16/h4-5,7,18H,1-3H3. The van der Waals surface area contributed by atoms with Crippen LogP contribution in [-0.2, 0) is 0 Å². The average Bonchev–Trinajstić information content (AvgIpc) is 2.73. The van der Waals surface area contributed by atoms with Gasteiger partial charge in [0.1, 0.15) is 11.4 Å². The van der Waals surface area contributed by atoms with Gasteiger partial charge < -0.3 is 9.84 Å². The van der Waals surface area contributed by atoms with E-state index in [1.807, 2.05) is 0 Å². The van der Waals surface area contributed by atoms with Crippen molar-refractivity contribution < 1.29 is 13.3 Å². The fraction of sp³-hybridized carbons (Fsp3) is 0.286. The van der Waals surface area contributed by atoms with Gasteiger partial charge >= 0.3 is 0 Å². The minimum Gasteiger partial charge on any atom is -0.374 e. The van der Waals surface area contributed by atoms with Crippen LogP contribution >= 0.6 is 0 Å². The van der Waals surface area contributed by atoms with Crippen molar-refractivity contribution in [3.05, 3.63) is 46.3 Å². The van der Waals surface area contributed by atoms with Crippen molar-refractivity contribution in [1.29, 1.82) is 5.26 Å². The van der Waals surface area contributed by atoms with Crippen LogP contribution in [0, 0.1) is 36.8 Å². The van der Waals surface area contributed by atoms with E-state index in [0.717, 1.165) is 17.7 Å². The van der Waals surface area contributed by atoms with E-state index in [9.17, 15) is 8.78 Å². The van der Waals surface area contributed by atoms with Gasteiger partial charge in [-0.25, -0.2) is 8.78 Å². The minimum atomic E-state index is -0.805. The van der Waals surface area contributed by atoms with Gasteiger partial charge in [0.15, 0.2) is 11.6 Å². The molecule has 0 amide bonds. The quantitative estimate of drug-likeness (QED) is 0.930. The molecule has 1 aromatic carbocycles. The summed E-state index contributed by atoms with van der Waals surface area (Å²) in [5.74, 6) is -1.02. The number of halogens is 2. The predicted molar refractivity (Wildman–Crippen MR) is 69.1 cm³/mol. The third-order valence-electron chi connectivity index (χ3n) is 3.05. The Kier molecular flexibility index (Phi) is 3.70. The van der Waals surface area contributed by atoms with E-state index in [2.05, 4.69) is 10.5 Å². The van der Waals surface area contributed by atoms with Gasteiger partial charge in [-0.05, 0) is 32.9 Å². The van der Waals surface area contributed by atoms with Gasteiger partial charge in [-0.1, -0.05) is 5.16 Å². The molecule has 0 aliphatic carbocycles. The van der Waals surface area contributed by atoms with E-state index in [1.165, 1.54) is 0 Å². The van der Waals surface area contributed by atoms with E-state index >= 15 is 0 Å². The molecular weight excluding hydrogens is 264 g/mol. The lowest BCUT2D eigenvalue weighted by Gasteiger charge is -2.16. The zero-order chi connectivity index (χ0) is 14.9. The molecule has 0 saturated carbocycles. The summed E-state index contributed by atoms with van der Waals surface area (Å²) in [5.41, 5.74) is 1.09. The molecule has 0 spiro atoms. The largest absolute Gasteiger partial charge is 0.374 e. The lowest BCUT2D eigenvalue weighted by atomic mass is 10.1. The van der Waals surface area contributed by atoms with Crippen molar-refractivity contribution in [3.8, 4) is 6.07 Å². The summed E-state index contributed by atoms with van der Waals surface area (Å²) in [5, 5.41) is 15.2. The summed E-state index contributed by atoms with van der Waals surface area (Å²) in [4.78, 5) is 0. The van der Waals surface area contributed by atoms with Crippen LogP contribution < -0.4 is 5.32 Å². The number of hydrogen-bond acceptors (Lipinski definition) is 4. The number of hydrogen-bond donors (Lipinski definition) is 1. The van der Waals surface area contributed by atoms with Gasteiger partial charge in [-0.15, -0.1) is 0 Å². The topological polar surface area (TPSA) is 61.9 Å². The van der Waals surface area contributed by atoms with Crippen LogP contribution in [-0.4, -0.2) is 5.16 Å². The Labute approximate surface area is 115 Å². The monoisotopic (exact) mass is 277 g/mol.